The molecule has 4 rings (SSSR count). The van der Waals surface area contributed by atoms with Gasteiger partial charge in [-0.05, 0) is 25.1 Å². The summed E-state index contributed by atoms with van der Waals surface area (Å²) in [6.45, 7) is 1.96. The predicted molar refractivity (Wildman–Crippen MR) is 89.7 cm³/mol. The molecule has 118 valence electrons. The normalized spacial score (nSPS) is 11.2. The van der Waals surface area contributed by atoms with Gasteiger partial charge in [-0.15, -0.1) is 0 Å². The molecule has 2 aromatic heterocycles. The Hall–Kier alpha value is -3.48. The summed E-state index contributed by atoms with van der Waals surface area (Å²) in [5, 5.41) is 15.5. The van der Waals surface area contributed by atoms with Gasteiger partial charge in [0.1, 0.15) is 5.65 Å². The highest BCUT2D eigenvalue weighted by atomic mass is 16.6. The first kappa shape index (κ1) is 14.1. The standard InChI is InChI=1S/C17H12N4O3/c1-11-2-4-12(5-3-11)19-16-8-9-18-20(16)15-7-6-13(21(23)24)10-14(15)17(19)22/h2-10H,1H3. The second kappa shape index (κ2) is 5.02. The van der Waals surface area contributed by atoms with Gasteiger partial charge >= 0.3 is 0 Å². The lowest BCUT2D eigenvalue weighted by molar-refractivity contribution is -0.384. The first-order valence-electron chi connectivity index (χ1n) is 7.30. The van der Waals surface area contributed by atoms with Gasteiger partial charge in [0, 0.05) is 18.2 Å². The average molecular weight is 320 g/mol. The molecule has 0 fully saturated rings. The van der Waals surface area contributed by atoms with Crippen LogP contribution in [0.5, 0.6) is 0 Å². The van der Waals surface area contributed by atoms with Crippen LogP contribution in [0.15, 0.2) is 59.5 Å². The van der Waals surface area contributed by atoms with Gasteiger partial charge in [-0.25, -0.2) is 4.52 Å². The summed E-state index contributed by atoms with van der Waals surface area (Å²) in [5.41, 5.74) is 2.46. The molecule has 0 radical (unpaired) electrons. The lowest BCUT2D eigenvalue weighted by atomic mass is 10.2. The summed E-state index contributed by atoms with van der Waals surface area (Å²) in [5.74, 6) is 0. The van der Waals surface area contributed by atoms with Gasteiger partial charge in [-0.3, -0.25) is 19.5 Å². The van der Waals surface area contributed by atoms with Crippen molar-refractivity contribution in [3.8, 4) is 5.69 Å². The Morgan fingerprint density at radius 3 is 2.54 bits per heavy atom. The number of nitrogens with zero attached hydrogens (tertiary/aromatic N) is 4. The number of fused-ring (bicyclic) bond motifs is 3. The van der Waals surface area contributed by atoms with Crippen molar-refractivity contribution in [3.05, 3.63) is 80.8 Å². The number of non-ortho nitro benzene ring substituents is 1. The van der Waals surface area contributed by atoms with E-state index in [-0.39, 0.29) is 16.6 Å². The topological polar surface area (TPSA) is 82.4 Å². The van der Waals surface area contributed by atoms with Gasteiger partial charge in [0.25, 0.3) is 11.2 Å². The molecular weight excluding hydrogens is 308 g/mol. The van der Waals surface area contributed by atoms with E-state index in [2.05, 4.69) is 5.10 Å². The van der Waals surface area contributed by atoms with Crippen LogP contribution in [0.4, 0.5) is 5.69 Å². The largest absolute Gasteiger partial charge is 0.270 e. The van der Waals surface area contributed by atoms with E-state index < -0.39 is 4.92 Å². The lowest BCUT2D eigenvalue weighted by Crippen LogP contribution is -2.21. The predicted octanol–water partition coefficient (Wildman–Crippen LogP) is 2.86. The zero-order chi connectivity index (χ0) is 16.8. The fourth-order valence-corrected chi connectivity index (χ4v) is 2.81. The van der Waals surface area contributed by atoms with Crippen molar-refractivity contribution < 1.29 is 4.92 Å². The number of rotatable bonds is 2. The Bertz CT molecular complexity index is 1160. The van der Waals surface area contributed by atoms with Gasteiger partial charge in [0.05, 0.1) is 27.7 Å². The van der Waals surface area contributed by atoms with Gasteiger partial charge < -0.3 is 0 Å². The van der Waals surface area contributed by atoms with Crippen molar-refractivity contribution in [2.24, 2.45) is 0 Å². The minimum absolute atomic E-state index is 0.124. The summed E-state index contributed by atoms with van der Waals surface area (Å²) in [6.07, 6.45) is 1.60. The summed E-state index contributed by atoms with van der Waals surface area (Å²) in [7, 11) is 0. The summed E-state index contributed by atoms with van der Waals surface area (Å²) in [6, 6.07) is 13.5. The number of nitro groups is 1. The third kappa shape index (κ3) is 1.98. The molecule has 0 aliphatic rings. The van der Waals surface area contributed by atoms with E-state index >= 15 is 0 Å². The van der Waals surface area contributed by atoms with Crippen LogP contribution >= 0.6 is 0 Å². The molecule has 0 amide bonds. The second-order valence-corrected chi connectivity index (χ2v) is 5.54. The molecule has 0 saturated carbocycles. The Morgan fingerprint density at radius 1 is 1.08 bits per heavy atom. The zero-order valence-corrected chi connectivity index (χ0v) is 12.7. The molecule has 7 nitrogen and oxygen atoms in total. The molecule has 0 N–H and O–H groups in total. The number of aryl methyl sites for hydroxylation is 1. The van der Waals surface area contributed by atoms with E-state index in [0.717, 1.165) is 5.56 Å². The van der Waals surface area contributed by atoms with Crippen molar-refractivity contribution in [1.29, 1.82) is 0 Å². The fraction of sp³-hybridized carbons (Fsp3) is 0.0588. The van der Waals surface area contributed by atoms with E-state index in [1.54, 1.807) is 22.8 Å². The molecule has 0 saturated heterocycles. The van der Waals surface area contributed by atoms with Crippen LogP contribution in [-0.2, 0) is 0 Å². The van der Waals surface area contributed by atoms with Crippen molar-refractivity contribution in [2.45, 2.75) is 6.92 Å². The summed E-state index contributed by atoms with van der Waals surface area (Å²) >= 11 is 0. The molecule has 0 spiro atoms. The number of aromatic nitrogens is 3. The van der Waals surface area contributed by atoms with Crippen molar-refractivity contribution in [2.75, 3.05) is 0 Å². The highest BCUT2D eigenvalue weighted by molar-refractivity contribution is 5.83. The molecule has 4 aromatic rings. The van der Waals surface area contributed by atoms with Crippen LogP contribution in [0.2, 0.25) is 0 Å². The molecule has 0 atom stereocenters. The maximum atomic E-state index is 13.0. The van der Waals surface area contributed by atoms with E-state index in [4.69, 9.17) is 0 Å². The molecular formula is C17H12N4O3. The number of hydrogen-bond acceptors (Lipinski definition) is 4. The van der Waals surface area contributed by atoms with Gasteiger partial charge in [0.15, 0.2) is 0 Å². The van der Waals surface area contributed by atoms with E-state index in [0.29, 0.717) is 16.9 Å². The fourth-order valence-electron chi connectivity index (χ4n) is 2.81. The van der Waals surface area contributed by atoms with Crippen LogP contribution in [0.3, 0.4) is 0 Å². The lowest BCUT2D eigenvalue weighted by Gasteiger charge is -2.11. The Morgan fingerprint density at radius 2 is 1.83 bits per heavy atom. The highest BCUT2D eigenvalue weighted by Crippen LogP contribution is 2.21. The molecule has 24 heavy (non-hydrogen) atoms. The number of nitro benzene ring substituents is 1. The van der Waals surface area contributed by atoms with E-state index in [1.807, 2.05) is 31.2 Å². The SMILES string of the molecule is Cc1ccc(-n2c(=O)c3cc([N+](=O)[O-])ccc3n3nccc23)cc1. The average Bonchev–Trinajstić information content (AvgIpc) is 3.05. The van der Waals surface area contributed by atoms with Crippen LogP contribution in [0, 0.1) is 17.0 Å². The van der Waals surface area contributed by atoms with Crippen LogP contribution in [0.25, 0.3) is 22.2 Å². The number of benzene rings is 2. The quantitative estimate of drug-likeness (QED) is 0.420. The molecule has 0 aliphatic carbocycles. The van der Waals surface area contributed by atoms with Gasteiger partial charge in [-0.1, -0.05) is 17.7 Å². The third-order valence-corrected chi connectivity index (χ3v) is 4.00. The zero-order valence-electron chi connectivity index (χ0n) is 12.7. The van der Waals surface area contributed by atoms with Crippen molar-refractivity contribution in [3.63, 3.8) is 0 Å². The molecule has 0 aliphatic heterocycles. The first-order valence-corrected chi connectivity index (χ1v) is 7.30. The van der Waals surface area contributed by atoms with Crippen LogP contribution < -0.4 is 5.56 Å². The third-order valence-electron chi connectivity index (χ3n) is 4.00. The monoisotopic (exact) mass is 320 g/mol. The van der Waals surface area contributed by atoms with Crippen LogP contribution in [0.1, 0.15) is 5.56 Å². The Balaban J connectivity index is 2.16. The van der Waals surface area contributed by atoms with E-state index in [1.165, 1.54) is 16.7 Å². The molecule has 2 aromatic carbocycles. The minimum Gasteiger partial charge on any atom is -0.268 e. The van der Waals surface area contributed by atoms with Crippen LogP contribution in [-0.4, -0.2) is 19.1 Å². The molecule has 2 heterocycles. The van der Waals surface area contributed by atoms with E-state index in [9.17, 15) is 14.9 Å². The van der Waals surface area contributed by atoms with Gasteiger partial charge in [-0.2, -0.15) is 5.10 Å². The molecule has 0 unspecified atom stereocenters. The Kier molecular flexibility index (Phi) is 2.96. The summed E-state index contributed by atoms with van der Waals surface area (Å²) in [4.78, 5) is 23.5. The highest BCUT2D eigenvalue weighted by Gasteiger charge is 2.16. The van der Waals surface area contributed by atoms with Crippen molar-refractivity contribution in [1.82, 2.24) is 14.2 Å². The summed E-state index contributed by atoms with van der Waals surface area (Å²) < 4.78 is 3.12. The van der Waals surface area contributed by atoms with Crippen molar-refractivity contribution >= 4 is 22.2 Å². The minimum atomic E-state index is -0.512. The first-order chi connectivity index (χ1) is 11.6. The second-order valence-electron chi connectivity index (χ2n) is 5.54. The maximum Gasteiger partial charge on any atom is 0.270 e. The number of hydrogen-bond donors (Lipinski definition) is 0. The maximum absolute atomic E-state index is 13.0. The molecule has 0 bridgehead atoms. The molecule has 7 heteroatoms. The van der Waals surface area contributed by atoms with Gasteiger partial charge in [0.2, 0.25) is 0 Å². The smallest absolute Gasteiger partial charge is 0.268 e. The Labute approximate surface area is 135 Å².